The average Bonchev–Trinajstić information content (AvgIpc) is 2.71. The van der Waals surface area contributed by atoms with Crippen molar-refractivity contribution in [3.05, 3.63) is 88.4 Å². The largest absolute Gasteiger partial charge is 0.497 e. The second-order valence-corrected chi connectivity index (χ2v) is 6.59. The standard InChI is InChI=1S/C22H19ClN2O3/c1-14-3-8-18(13-20(14)23)25-22(27)16-6-4-15(5-7-16)21(26)24-17-9-11-19(28-2)12-10-17/h3-13H,1-2H3,(H,24,26)(H,25,27). The number of halogens is 1. The van der Waals surface area contributed by atoms with Crippen molar-refractivity contribution < 1.29 is 14.3 Å². The van der Waals surface area contributed by atoms with E-state index in [1.807, 2.05) is 13.0 Å². The summed E-state index contributed by atoms with van der Waals surface area (Å²) in [4.78, 5) is 24.7. The maximum atomic E-state index is 12.4. The Bertz CT molecular complexity index is 999. The summed E-state index contributed by atoms with van der Waals surface area (Å²) in [5, 5.41) is 6.18. The predicted octanol–water partition coefficient (Wildman–Crippen LogP) is 5.16. The van der Waals surface area contributed by atoms with Gasteiger partial charge in [-0.25, -0.2) is 0 Å². The van der Waals surface area contributed by atoms with Gasteiger partial charge in [0.25, 0.3) is 11.8 Å². The van der Waals surface area contributed by atoms with E-state index in [-0.39, 0.29) is 11.8 Å². The fourth-order valence-electron chi connectivity index (χ4n) is 2.52. The summed E-state index contributed by atoms with van der Waals surface area (Å²) in [6, 6.07) is 18.8. The fourth-order valence-corrected chi connectivity index (χ4v) is 2.71. The summed E-state index contributed by atoms with van der Waals surface area (Å²) >= 11 is 6.08. The van der Waals surface area contributed by atoms with Crippen molar-refractivity contribution in [3.8, 4) is 5.75 Å². The minimum atomic E-state index is -0.276. The highest BCUT2D eigenvalue weighted by Gasteiger charge is 2.10. The molecule has 3 aromatic carbocycles. The minimum absolute atomic E-state index is 0.262. The van der Waals surface area contributed by atoms with E-state index in [0.717, 1.165) is 5.56 Å². The number of amides is 2. The summed E-state index contributed by atoms with van der Waals surface area (Å²) in [6.07, 6.45) is 0. The van der Waals surface area contributed by atoms with Crippen molar-refractivity contribution in [1.82, 2.24) is 0 Å². The number of carbonyl (C=O) groups is 2. The highest BCUT2D eigenvalue weighted by atomic mass is 35.5. The molecule has 0 aromatic heterocycles. The van der Waals surface area contributed by atoms with Crippen LogP contribution in [-0.4, -0.2) is 18.9 Å². The lowest BCUT2D eigenvalue weighted by Crippen LogP contribution is -2.14. The lowest BCUT2D eigenvalue weighted by molar-refractivity contribution is 0.101. The van der Waals surface area contributed by atoms with E-state index in [4.69, 9.17) is 16.3 Å². The van der Waals surface area contributed by atoms with Gasteiger partial charge in [0.15, 0.2) is 0 Å². The number of ether oxygens (including phenoxy) is 1. The van der Waals surface area contributed by atoms with Gasteiger partial charge in [-0.1, -0.05) is 17.7 Å². The first-order valence-corrected chi connectivity index (χ1v) is 8.97. The number of nitrogens with one attached hydrogen (secondary N) is 2. The summed E-state index contributed by atoms with van der Waals surface area (Å²) < 4.78 is 5.09. The second kappa shape index (κ2) is 8.59. The van der Waals surface area contributed by atoms with E-state index < -0.39 is 0 Å². The normalized spacial score (nSPS) is 10.2. The van der Waals surface area contributed by atoms with E-state index in [2.05, 4.69) is 10.6 Å². The molecule has 28 heavy (non-hydrogen) atoms. The zero-order valence-electron chi connectivity index (χ0n) is 15.5. The van der Waals surface area contributed by atoms with Crippen molar-refractivity contribution in [2.45, 2.75) is 6.92 Å². The maximum Gasteiger partial charge on any atom is 0.255 e. The molecule has 0 spiro atoms. The molecule has 0 fully saturated rings. The number of aryl methyl sites for hydroxylation is 1. The van der Waals surface area contributed by atoms with Gasteiger partial charge in [0.1, 0.15) is 5.75 Å². The molecule has 0 aliphatic heterocycles. The molecule has 0 aliphatic carbocycles. The first-order chi connectivity index (χ1) is 13.5. The molecule has 5 nitrogen and oxygen atoms in total. The van der Waals surface area contributed by atoms with Crippen LogP contribution in [-0.2, 0) is 0 Å². The third-order valence-corrected chi connectivity index (χ3v) is 4.59. The molecule has 0 saturated carbocycles. The Labute approximate surface area is 168 Å². The van der Waals surface area contributed by atoms with E-state index in [1.54, 1.807) is 67.8 Å². The highest BCUT2D eigenvalue weighted by Crippen LogP contribution is 2.21. The Balaban J connectivity index is 1.65. The fraction of sp³-hybridized carbons (Fsp3) is 0.0909. The van der Waals surface area contributed by atoms with Crippen molar-refractivity contribution >= 4 is 34.8 Å². The zero-order chi connectivity index (χ0) is 20.1. The highest BCUT2D eigenvalue weighted by molar-refractivity contribution is 6.31. The minimum Gasteiger partial charge on any atom is -0.497 e. The van der Waals surface area contributed by atoms with Gasteiger partial charge in [0, 0.05) is 27.5 Å². The van der Waals surface area contributed by atoms with E-state index in [0.29, 0.717) is 33.3 Å². The molecular formula is C22H19ClN2O3. The molecule has 0 radical (unpaired) electrons. The molecule has 2 amide bonds. The predicted molar refractivity (Wildman–Crippen MR) is 112 cm³/mol. The first-order valence-electron chi connectivity index (χ1n) is 8.59. The third kappa shape index (κ3) is 4.69. The monoisotopic (exact) mass is 394 g/mol. The van der Waals surface area contributed by atoms with Gasteiger partial charge in [-0.2, -0.15) is 0 Å². The van der Waals surface area contributed by atoms with Gasteiger partial charge in [0.05, 0.1) is 7.11 Å². The van der Waals surface area contributed by atoms with Crippen LogP contribution in [0.4, 0.5) is 11.4 Å². The summed E-state index contributed by atoms with van der Waals surface area (Å²) in [6.45, 7) is 1.89. The summed E-state index contributed by atoms with van der Waals surface area (Å²) in [5.41, 5.74) is 3.10. The first kappa shape index (κ1) is 19.5. The SMILES string of the molecule is COc1ccc(NC(=O)c2ccc(C(=O)Nc3ccc(C)c(Cl)c3)cc2)cc1. The molecule has 142 valence electrons. The Morgan fingerprint density at radius 2 is 1.29 bits per heavy atom. The van der Waals surface area contributed by atoms with E-state index >= 15 is 0 Å². The van der Waals surface area contributed by atoms with Crippen LogP contribution in [0.5, 0.6) is 5.75 Å². The van der Waals surface area contributed by atoms with Gasteiger partial charge in [-0.05, 0) is 73.2 Å². The number of benzene rings is 3. The number of hydrogen-bond donors (Lipinski definition) is 2. The molecule has 0 saturated heterocycles. The van der Waals surface area contributed by atoms with Crippen LogP contribution in [0.1, 0.15) is 26.3 Å². The number of rotatable bonds is 5. The molecule has 3 aromatic rings. The third-order valence-electron chi connectivity index (χ3n) is 4.19. The molecule has 0 bridgehead atoms. The molecule has 0 heterocycles. The van der Waals surface area contributed by atoms with E-state index in [9.17, 15) is 9.59 Å². The van der Waals surface area contributed by atoms with Gasteiger partial charge in [0.2, 0.25) is 0 Å². The second-order valence-electron chi connectivity index (χ2n) is 6.18. The van der Waals surface area contributed by atoms with Crippen LogP contribution >= 0.6 is 11.6 Å². The van der Waals surface area contributed by atoms with Crippen LogP contribution < -0.4 is 15.4 Å². The van der Waals surface area contributed by atoms with Crippen LogP contribution in [0.15, 0.2) is 66.7 Å². The van der Waals surface area contributed by atoms with Crippen LogP contribution in [0.2, 0.25) is 5.02 Å². The Hall–Kier alpha value is -3.31. The lowest BCUT2D eigenvalue weighted by Gasteiger charge is -2.09. The Morgan fingerprint density at radius 3 is 1.79 bits per heavy atom. The van der Waals surface area contributed by atoms with E-state index in [1.165, 1.54) is 0 Å². The van der Waals surface area contributed by atoms with Crippen LogP contribution in [0.3, 0.4) is 0 Å². The number of carbonyl (C=O) groups excluding carboxylic acids is 2. The summed E-state index contributed by atoms with van der Waals surface area (Å²) in [7, 11) is 1.58. The zero-order valence-corrected chi connectivity index (χ0v) is 16.2. The van der Waals surface area contributed by atoms with Gasteiger partial charge >= 0.3 is 0 Å². The van der Waals surface area contributed by atoms with Crippen molar-refractivity contribution in [2.24, 2.45) is 0 Å². The Morgan fingerprint density at radius 1 is 0.786 bits per heavy atom. The Kier molecular flexibility index (Phi) is 5.96. The molecule has 6 heteroatoms. The molecule has 0 aliphatic rings. The van der Waals surface area contributed by atoms with Gasteiger partial charge in [-0.3, -0.25) is 9.59 Å². The number of methoxy groups -OCH3 is 1. The van der Waals surface area contributed by atoms with Gasteiger partial charge in [-0.15, -0.1) is 0 Å². The molecule has 3 rings (SSSR count). The maximum absolute atomic E-state index is 12.4. The van der Waals surface area contributed by atoms with Crippen molar-refractivity contribution in [2.75, 3.05) is 17.7 Å². The molecule has 2 N–H and O–H groups in total. The quantitative estimate of drug-likeness (QED) is 0.628. The number of anilines is 2. The van der Waals surface area contributed by atoms with Gasteiger partial charge < -0.3 is 15.4 Å². The average molecular weight is 395 g/mol. The summed E-state index contributed by atoms with van der Waals surface area (Å²) in [5.74, 6) is 0.174. The molecular weight excluding hydrogens is 376 g/mol. The smallest absolute Gasteiger partial charge is 0.255 e. The molecule has 0 unspecified atom stereocenters. The topological polar surface area (TPSA) is 67.4 Å². The number of hydrogen-bond acceptors (Lipinski definition) is 3. The molecule has 0 atom stereocenters. The van der Waals surface area contributed by atoms with Crippen LogP contribution in [0.25, 0.3) is 0 Å². The van der Waals surface area contributed by atoms with Crippen molar-refractivity contribution in [3.63, 3.8) is 0 Å². The van der Waals surface area contributed by atoms with Crippen LogP contribution in [0, 0.1) is 6.92 Å². The lowest BCUT2D eigenvalue weighted by atomic mass is 10.1. The van der Waals surface area contributed by atoms with Crippen molar-refractivity contribution in [1.29, 1.82) is 0 Å².